The van der Waals surface area contributed by atoms with Crippen molar-refractivity contribution in [1.82, 2.24) is 0 Å². The molecule has 0 spiro atoms. The molecule has 22 heavy (non-hydrogen) atoms. The van der Waals surface area contributed by atoms with Gasteiger partial charge in [0.2, 0.25) is 6.21 Å². The molecule has 0 N–H and O–H groups in total. The largest absolute Gasteiger partial charge is 1.00 e. The Bertz CT molecular complexity index is 571. The van der Waals surface area contributed by atoms with Gasteiger partial charge in [0.05, 0.1) is 6.61 Å². The summed E-state index contributed by atoms with van der Waals surface area (Å²) < 4.78 is 5.85. The van der Waals surface area contributed by atoms with E-state index in [2.05, 4.69) is 6.58 Å². The van der Waals surface area contributed by atoms with E-state index in [-0.39, 0.29) is 58.0 Å². The second kappa shape index (κ2) is 9.24. The van der Waals surface area contributed by atoms with Crippen LogP contribution in [0.3, 0.4) is 0 Å². The van der Waals surface area contributed by atoms with Gasteiger partial charge in [-0.3, -0.25) is 0 Å². The van der Waals surface area contributed by atoms with Crippen LogP contribution in [0.15, 0.2) is 73.3 Å². The summed E-state index contributed by atoms with van der Waals surface area (Å²) in [6, 6.07) is 18.3. The molecule has 0 atom stereocenters. The van der Waals surface area contributed by atoms with Crippen molar-refractivity contribution in [3.05, 3.63) is 94.9 Å². The van der Waals surface area contributed by atoms with Gasteiger partial charge in [-0.25, -0.2) is 0 Å². The monoisotopic (exact) mass is 321 g/mol. The summed E-state index contributed by atoms with van der Waals surface area (Å²) in [5.41, 5.74) is 0.171. The minimum absolute atomic E-state index is 0. The fourth-order valence-electron chi connectivity index (χ4n) is 2.23. The molecule has 0 bridgehead atoms. The normalized spacial score (nSPS) is 10.4. The molecule has 0 aromatic heterocycles. The Kier molecular flexibility index (Phi) is 8.02. The molecule has 0 aliphatic rings. The minimum atomic E-state index is -1.24. The van der Waals surface area contributed by atoms with Crippen molar-refractivity contribution >= 4 is 6.21 Å². The third-order valence-electron chi connectivity index (χ3n) is 3.12. The van der Waals surface area contributed by atoms with Crippen LogP contribution in [0.1, 0.15) is 11.1 Å². The molecule has 0 saturated carbocycles. The molecule has 0 unspecified atom stereocenters. The average Bonchev–Trinajstić information content (AvgIpc) is 2.53. The summed E-state index contributed by atoms with van der Waals surface area (Å²) in [6.07, 6.45) is 2.57. The molecule has 2 aromatic rings. The minimum Gasteiger partial charge on any atom is -0.612 e. The van der Waals surface area contributed by atoms with Gasteiger partial charge in [0.1, 0.15) is 0 Å². The van der Waals surface area contributed by atoms with E-state index in [1.54, 1.807) is 6.08 Å². The van der Waals surface area contributed by atoms with E-state index in [0.717, 1.165) is 6.21 Å². The van der Waals surface area contributed by atoms with E-state index in [1.165, 1.54) is 0 Å². The maximum absolute atomic E-state index is 11.2. The molecule has 4 nitrogen and oxygen atoms in total. The van der Waals surface area contributed by atoms with Crippen LogP contribution in [0.25, 0.3) is 0 Å². The van der Waals surface area contributed by atoms with Crippen LogP contribution in [-0.4, -0.2) is 17.7 Å². The van der Waals surface area contributed by atoms with Crippen molar-refractivity contribution in [2.45, 2.75) is 5.60 Å². The fourth-order valence-corrected chi connectivity index (χ4v) is 2.23. The first-order valence-corrected chi connectivity index (χ1v) is 6.54. The maximum Gasteiger partial charge on any atom is 1.00 e. The molecule has 5 heteroatoms. The molecule has 0 radical (unpaired) electrons. The molecule has 0 aliphatic heterocycles. The average molecular weight is 321 g/mol. The maximum atomic E-state index is 11.2. The molecule has 108 valence electrons. The Hall–Kier alpha value is -0.954. The van der Waals surface area contributed by atoms with Crippen LogP contribution >= 0.6 is 0 Å². The van der Waals surface area contributed by atoms with Gasteiger partial charge in [-0.05, 0) is 11.1 Å². The van der Waals surface area contributed by atoms with Crippen molar-refractivity contribution < 1.29 is 61.0 Å². The van der Waals surface area contributed by atoms with Gasteiger partial charge in [-0.1, -0.05) is 66.7 Å². The predicted molar refractivity (Wildman–Crippen MR) is 82.9 cm³/mol. The number of benzene rings is 2. The predicted octanol–water partition coefficient (Wildman–Crippen LogP) is 0.216. The van der Waals surface area contributed by atoms with Gasteiger partial charge in [0, 0.05) is 0 Å². The summed E-state index contributed by atoms with van der Waals surface area (Å²) in [4.78, 5) is -0.469. The van der Waals surface area contributed by atoms with Gasteiger partial charge in [-0.15, -0.1) is 6.58 Å². The molecular formula is C17H16KNO3. The first-order chi connectivity index (χ1) is 10.2. The Labute approximate surface area is 172 Å². The third-order valence-corrected chi connectivity index (χ3v) is 3.12. The summed E-state index contributed by atoms with van der Waals surface area (Å²) >= 11 is 0. The zero-order valence-corrected chi connectivity index (χ0v) is 15.6. The third kappa shape index (κ3) is 4.52. The van der Waals surface area contributed by atoms with Crippen LogP contribution < -0.4 is 51.4 Å². The van der Waals surface area contributed by atoms with Gasteiger partial charge in [0.15, 0.2) is 5.60 Å². The smallest absolute Gasteiger partial charge is 0.612 e. The Balaban J connectivity index is 0.00000242. The summed E-state index contributed by atoms with van der Waals surface area (Å²) in [5.74, 6) is 0. The van der Waals surface area contributed by atoms with E-state index in [1.807, 2.05) is 60.7 Å². The molecule has 0 saturated heterocycles. The number of hydrogen-bond donors (Lipinski definition) is 0. The molecule has 0 aliphatic carbocycles. The first-order valence-electron chi connectivity index (χ1n) is 6.54. The second-order valence-corrected chi connectivity index (χ2v) is 4.48. The van der Waals surface area contributed by atoms with Gasteiger partial charge in [0.25, 0.3) is 0 Å². The molecular weight excluding hydrogens is 305 g/mol. The molecule has 2 aromatic carbocycles. The van der Waals surface area contributed by atoms with Crippen LogP contribution in [0.5, 0.6) is 0 Å². The van der Waals surface area contributed by atoms with Gasteiger partial charge >= 0.3 is 51.4 Å². The van der Waals surface area contributed by atoms with E-state index >= 15 is 0 Å². The van der Waals surface area contributed by atoms with Crippen molar-refractivity contribution in [2.24, 2.45) is 0 Å². The molecule has 0 heterocycles. The number of ether oxygens (including phenoxy) is 1. The Morgan fingerprint density at radius 1 is 0.955 bits per heavy atom. The Morgan fingerprint density at radius 2 is 1.41 bits per heavy atom. The van der Waals surface area contributed by atoms with Gasteiger partial charge in [-0.2, -0.15) is 4.90 Å². The topological polar surface area (TPSA) is 58.4 Å². The fraction of sp³-hybridized carbons (Fsp3) is 0.118. The van der Waals surface area contributed by atoms with E-state index in [4.69, 9.17) is 4.74 Å². The second-order valence-electron chi connectivity index (χ2n) is 4.48. The molecule has 0 fully saturated rings. The van der Waals surface area contributed by atoms with Gasteiger partial charge < -0.3 is 15.2 Å². The molecule has 0 amide bonds. The van der Waals surface area contributed by atoms with E-state index in [0.29, 0.717) is 11.1 Å². The standard InChI is InChI=1S/C17H16NO3.K/c1-2-13-21-17(14-18(19)20,15-9-5-3-6-10-15)16-11-7-4-8-12-16;/h2-12,14H,1,13H2;/q-1;+1. The summed E-state index contributed by atoms with van der Waals surface area (Å²) in [6.45, 7) is 3.82. The van der Waals surface area contributed by atoms with Crippen LogP contribution in [0.4, 0.5) is 0 Å². The van der Waals surface area contributed by atoms with Crippen molar-refractivity contribution in [1.29, 1.82) is 0 Å². The molecule has 2 rings (SSSR count). The summed E-state index contributed by atoms with van der Waals surface area (Å²) in [5, 5.41) is 22.3. The Morgan fingerprint density at radius 3 is 1.77 bits per heavy atom. The number of rotatable bonds is 6. The van der Waals surface area contributed by atoms with E-state index in [9.17, 15) is 10.4 Å². The van der Waals surface area contributed by atoms with Crippen LogP contribution in [-0.2, 0) is 10.3 Å². The quantitative estimate of drug-likeness (QED) is 0.251. The zero-order valence-electron chi connectivity index (χ0n) is 12.5. The number of nitrogens with zero attached hydrogens (tertiary/aromatic N) is 1. The van der Waals surface area contributed by atoms with Crippen LogP contribution in [0.2, 0.25) is 0 Å². The summed E-state index contributed by atoms with van der Waals surface area (Å²) in [7, 11) is 0. The van der Waals surface area contributed by atoms with Crippen molar-refractivity contribution in [2.75, 3.05) is 6.61 Å². The van der Waals surface area contributed by atoms with E-state index < -0.39 is 10.5 Å². The SMILES string of the molecule is C=CCOC(C=[N+]([O-])[O-])(c1ccccc1)c1ccccc1.[K+]. The first kappa shape index (κ1) is 19.1. The zero-order chi connectivity index (χ0) is 15.1. The van der Waals surface area contributed by atoms with Crippen molar-refractivity contribution in [3.63, 3.8) is 0 Å². The number of hydrogen-bond acceptors (Lipinski definition) is 3. The van der Waals surface area contributed by atoms with Crippen molar-refractivity contribution in [3.8, 4) is 0 Å². The van der Waals surface area contributed by atoms with Crippen LogP contribution in [0, 0.1) is 10.4 Å².